The molecule has 2 nitrogen and oxygen atoms in total. The van der Waals surface area contributed by atoms with E-state index >= 15 is 0 Å². The number of hydrogen-bond donors (Lipinski definition) is 0. The van der Waals surface area contributed by atoms with Gasteiger partial charge in [-0.3, -0.25) is 0 Å². The molecule has 0 saturated carbocycles. The molecule has 4 aromatic rings. The average Bonchev–Trinajstić information content (AvgIpc) is 2.89. The van der Waals surface area contributed by atoms with Crippen LogP contribution in [0.1, 0.15) is 17.5 Å². The molecule has 0 atom stereocenters. The summed E-state index contributed by atoms with van der Waals surface area (Å²) in [7, 11) is 0. The smallest absolute Gasteiger partial charge is 0.201 e. The highest BCUT2D eigenvalue weighted by Gasteiger charge is 2.17. The zero-order valence-corrected chi connectivity index (χ0v) is 19.7. The second kappa shape index (κ2) is 11.1. The van der Waals surface area contributed by atoms with Gasteiger partial charge in [-0.15, -0.1) is 6.58 Å². The van der Waals surface area contributed by atoms with Gasteiger partial charge in [0.15, 0.2) is 23.2 Å². The van der Waals surface area contributed by atoms with E-state index in [9.17, 15) is 17.6 Å². The van der Waals surface area contributed by atoms with Crippen molar-refractivity contribution in [3.05, 3.63) is 120 Å². The molecule has 4 aromatic carbocycles. The first-order valence-electron chi connectivity index (χ1n) is 11.4. The Morgan fingerprint density at radius 1 is 0.667 bits per heavy atom. The first-order valence-corrected chi connectivity index (χ1v) is 11.4. The molecule has 4 rings (SSSR count). The van der Waals surface area contributed by atoms with Crippen molar-refractivity contribution < 1.29 is 27.0 Å². The maximum atomic E-state index is 14.9. The zero-order valence-electron chi connectivity index (χ0n) is 19.7. The molecule has 0 spiro atoms. The number of halogens is 4. The summed E-state index contributed by atoms with van der Waals surface area (Å²) in [5.41, 5.74) is 2.38. The number of ether oxygens (including phenoxy) is 2. The highest BCUT2D eigenvalue weighted by Crippen LogP contribution is 2.32. The fourth-order valence-electron chi connectivity index (χ4n) is 3.67. The summed E-state index contributed by atoms with van der Waals surface area (Å²) in [6, 6.07) is 19.3. The van der Waals surface area contributed by atoms with Crippen LogP contribution in [0.3, 0.4) is 0 Å². The van der Waals surface area contributed by atoms with Gasteiger partial charge in [-0.2, -0.15) is 4.39 Å². The Hall–Kier alpha value is -4.06. The number of hydrogen-bond acceptors (Lipinski definition) is 2. The van der Waals surface area contributed by atoms with Gasteiger partial charge >= 0.3 is 0 Å². The number of aryl methyl sites for hydroxylation is 1. The zero-order chi connectivity index (χ0) is 25.7. The standard InChI is InChI=1S/C30H24F4O2/c1-3-4-17-35-26-16-11-22(27(31)30(26)34)18-36-23-12-9-21(10-13-23)25-15-14-24(28(32)29(25)33)20-7-5-19(2)6-8-20/h3,5-16H,1,4,17-18H2,2H3. The molecular formula is C30H24F4O2. The van der Waals surface area contributed by atoms with Crippen molar-refractivity contribution in [3.63, 3.8) is 0 Å². The van der Waals surface area contributed by atoms with E-state index < -0.39 is 23.3 Å². The van der Waals surface area contributed by atoms with Gasteiger partial charge < -0.3 is 9.47 Å². The Morgan fingerprint density at radius 2 is 1.25 bits per heavy atom. The summed E-state index contributed by atoms with van der Waals surface area (Å²) in [6.45, 7) is 5.44. The Kier molecular flexibility index (Phi) is 7.74. The molecule has 184 valence electrons. The lowest BCUT2D eigenvalue weighted by atomic mass is 9.98. The van der Waals surface area contributed by atoms with Crippen LogP contribution >= 0.6 is 0 Å². The third-order valence-electron chi connectivity index (χ3n) is 5.71. The first kappa shape index (κ1) is 25.0. The lowest BCUT2D eigenvalue weighted by Gasteiger charge is -2.12. The Bertz CT molecular complexity index is 1360. The molecule has 0 aliphatic heterocycles. The third-order valence-corrected chi connectivity index (χ3v) is 5.71. The van der Waals surface area contributed by atoms with Gasteiger partial charge in [-0.25, -0.2) is 13.2 Å². The van der Waals surface area contributed by atoms with E-state index in [1.165, 1.54) is 18.2 Å². The lowest BCUT2D eigenvalue weighted by molar-refractivity contribution is 0.285. The molecule has 0 aromatic heterocycles. The van der Waals surface area contributed by atoms with Crippen LogP contribution in [0, 0.1) is 30.2 Å². The van der Waals surface area contributed by atoms with E-state index in [0.717, 1.165) is 5.56 Å². The van der Waals surface area contributed by atoms with Crippen molar-refractivity contribution in [1.29, 1.82) is 0 Å². The second-order valence-corrected chi connectivity index (χ2v) is 8.24. The second-order valence-electron chi connectivity index (χ2n) is 8.24. The molecule has 0 aliphatic rings. The van der Waals surface area contributed by atoms with E-state index in [4.69, 9.17) is 9.47 Å². The summed E-state index contributed by atoms with van der Waals surface area (Å²) in [5, 5.41) is 0. The minimum atomic E-state index is -1.08. The largest absolute Gasteiger partial charge is 0.490 e. The molecule has 0 aliphatic carbocycles. The minimum absolute atomic E-state index is 0.0208. The maximum absolute atomic E-state index is 14.9. The van der Waals surface area contributed by atoms with Crippen LogP contribution in [0.15, 0.2) is 85.5 Å². The highest BCUT2D eigenvalue weighted by molar-refractivity contribution is 5.72. The average molecular weight is 493 g/mol. The Labute approximate surface area is 207 Å². The minimum Gasteiger partial charge on any atom is -0.490 e. The first-order chi connectivity index (χ1) is 17.4. The monoisotopic (exact) mass is 492 g/mol. The summed E-state index contributed by atoms with van der Waals surface area (Å²) < 4.78 is 69.1. The quantitative estimate of drug-likeness (QED) is 0.133. The van der Waals surface area contributed by atoms with Crippen molar-refractivity contribution in [1.82, 2.24) is 0 Å². The summed E-state index contributed by atoms with van der Waals surface area (Å²) >= 11 is 0. The molecule has 0 fully saturated rings. The fourth-order valence-corrected chi connectivity index (χ4v) is 3.67. The lowest BCUT2D eigenvalue weighted by Crippen LogP contribution is -2.04. The van der Waals surface area contributed by atoms with Crippen molar-refractivity contribution in [3.8, 4) is 33.8 Å². The van der Waals surface area contributed by atoms with Crippen LogP contribution < -0.4 is 9.47 Å². The molecular weight excluding hydrogens is 468 g/mol. The predicted octanol–water partition coefficient (Wildman–Crippen LogP) is 8.42. The number of benzene rings is 4. The molecule has 0 amide bonds. The van der Waals surface area contributed by atoms with Gasteiger partial charge in [0.2, 0.25) is 5.82 Å². The Balaban J connectivity index is 1.46. The van der Waals surface area contributed by atoms with Crippen LogP contribution in [0.25, 0.3) is 22.3 Å². The van der Waals surface area contributed by atoms with Crippen molar-refractivity contribution in [2.75, 3.05) is 6.61 Å². The van der Waals surface area contributed by atoms with Crippen LogP contribution in [-0.4, -0.2) is 6.61 Å². The SMILES string of the molecule is C=CCCOc1ccc(COc2ccc(-c3ccc(-c4ccc(C)cc4)c(F)c3F)cc2)c(F)c1F. The van der Waals surface area contributed by atoms with Crippen LogP contribution in [0.5, 0.6) is 11.5 Å². The van der Waals surface area contributed by atoms with Gasteiger partial charge in [0.1, 0.15) is 12.4 Å². The van der Waals surface area contributed by atoms with Crippen molar-refractivity contribution in [2.45, 2.75) is 20.0 Å². The van der Waals surface area contributed by atoms with E-state index in [2.05, 4.69) is 6.58 Å². The summed E-state index contributed by atoms with van der Waals surface area (Å²) in [6.07, 6.45) is 2.13. The number of rotatable bonds is 9. The Morgan fingerprint density at radius 3 is 1.83 bits per heavy atom. The van der Waals surface area contributed by atoms with Gasteiger partial charge in [-0.1, -0.05) is 60.2 Å². The molecule has 0 unspecified atom stereocenters. The van der Waals surface area contributed by atoms with Gasteiger partial charge in [0.05, 0.1) is 6.61 Å². The van der Waals surface area contributed by atoms with E-state index in [-0.39, 0.29) is 35.7 Å². The molecule has 0 heterocycles. The molecule has 0 saturated heterocycles. The molecule has 36 heavy (non-hydrogen) atoms. The van der Waals surface area contributed by atoms with E-state index in [0.29, 0.717) is 23.3 Å². The summed E-state index contributed by atoms with van der Waals surface area (Å²) in [4.78, 5) is 0. The van der Waals surface area contributed by atoms with Crippen LogP contribution in [0.2, 0.25) is 0 Å². The molecule has 0 radical (unpaired) electrons. The maximum Gasteiger partial charge on any atom is 0.201 e. The fraction of sp³-hybridized carbons (Fsp3) is 0.133. The van der Waals surface area contributed by atoms with E-state index in [1.54, 1.807) is 48.5 Å². The van der Waals surface area contributed by atoms with Crippen LogP contribution in [0.4, 0.5) is 17.6 Å². The van der Waals surface area contributed by atoms with Gasteiger partial charge in [0.25, 0.3) is 0 Å². The third kappa shape index (κ3) is 5.43. The van der Waals surface area contributed by atoms with Gasteiger partial charge in [0, 0.05) is 16.7 Å². The van der Waals surface area contributed by atoms with Crippen molar-refractivity contribution >= 4 is 0 Å². The topological polar surface area (TPSA) is 18.5 Å². The van der Waals surface area contributed by atoms with Crippen LogP contribution in [-0.2, 0) is 6.61 Å². The highest BCUT2D eigenvalue weighted by atomic mass is 19.2. The molecule has 6 heteroatoms. The molecule has 0 N–H and O–H groups in total. The normalized spacial score (nSPS) is 10.8. The van der Waals surface area contributed by atoms with Crippen molar-refractivity contribution in [2.24, 2.45) is 0 Å². The molecule has 0 bridgehead atoms. The predicted molar refractivity (Wildman–Crippen MR) is 133 cm³/mol. The van der Waals surface area contributed by atoms with E-state index in [1.807, 2.05) is 19.1 Å². The van der Waals surface area contributed by atoms with Gasteiger partial charge in [-0.05, 0) is 48.7 Å². The summed E-state index contributed by atoms with van der Waals surface area (Å²) in [5.74, 6) is -3.82.